The molecule has 3 N–H and O–H groups in total. The third kappa shape index (κ3) is 2.66. The Balaban J connectivity index is 2.09. The molecule has 2 rings (SSSR count). The predicted molar refractivity (Wildman–Crippen MR) is 76.1 cm³/mol. The molecule has 1 aromatic carbocycles. The van der Waals surface area contributed by atoms with Crippen LogP contribution in [0.5, 0.6) is 0 Å². The summed E-state index contributed by atoms with van der Waals surface area (Å²) >= 11 is 7.62. The summed E-state index contributed by atoms with van der Waals surface area (Å²) in [6.07, 6.45) is 0. The molecule has 94 valence electrons. The van der Waals surface area contributed by atoms with Gasteiger partial charge in [0.15, 0.2) is 0 Å². The van der Waals surface area contributed by atoms with Gasteiger partial charge in [0.2, 0.25) is 0 Å². The summed E-state index contributed by atoms with van der Waals surface area (Å²) in [6.45, 7) is 2.52. The van der Waals surface area contributed by atoms with E-state index in [0.29, 0.717) is 22.8 Å². The zero-order valence-electron chi connectivity index (χ0n) is 9.87. The first-order valence-electron chi connectivity index (χ1n) is 5.43. The second-order valence-corrected chi connectivity index (χ2v) is 5.09. The number of carbonyl (C=O) groups excluding carboxylic acids is 1. The van der Waals surface area contributed by atoms with E-state index >= 15 is 0 Å². The van der Waals surface area contributed by atoms with E-state index in [-0.39, 0.29) is 5.91 Å². The summed E-state index contributed by atoms with van der Waals surface area (Å²) in [4.78, 5) is 12.0. The number of rotatable bonds is 3. The molecule has 1 heterocycles. The van der Waals surface area contributed by atoms with Crippen LogP contribution in [0.25, 0.3) is 0 Å². The van der Waals surface area contributed by atoms with Crippen molar-refractivity contribution in [1.29, 1.82) is 0 Å². The number of anilines is 1. The first kappa shape index (κ1) is 12.9. The molecule has 0 atom stereocenters. The zero-order chi connectivity index (χ0) is 13.1. The molecular formula is C13H13ClN2OS. The van der Waals surface area contributed by atoms with Crippen molar-refractivity contribution in [2.45, 2.75) is 13.5 Å². The van der Waals surface area contributed by atoms with E-state index in [4.69, 9.17) is 17.3 Å². The standard InChI is InChI=1S/C13H13ClN2OS/c1-8-6-18-7-9(8)5-16-13(17)10-3-2-4-11(15)12(10)14/h2-4,6-7H,5,15H2,1H3,(H,16,17). The van der Waals surface area contributed by atoms with Crippen molar-refractivity contribution in [3.63, 3.8) is 0 Å². The van der Waals surface area contributed by atoms with Gasteiger partial charge < -0.3 is 11.1 Å². The van der Waals surface area contributed by atoms with Gasteiger partial charge in [-0.3, -0.25) is 4.79 Å². The van der Waals surface area contributed by atoms with Gasteiger partial charge >= 0.3 is 0 Å². The fourth-order valence-corrected chi connectivity index (χ4v) is 2.63. The van der Waals surface area contributed by atoms with Crippen LogP contribution in [-0.2, 0) is 6.54 Å². The van der Waals surface area contributed by atoms with Gasteiger partial charge in [0.25, 0.3) is 5.91 Å². The SMILES string of the molecule is Cc1cscc1CNC(=O)c1cccc(N)c1Cl. The third-order valence-corrected chi connectivity index (χ3v) is 4.01. The van der Waals surface area contributed by atoms with Crippen molar-refractivity contribution >= 4 is 34.5 Å². The summed E-state index contributed by atoms with van der Waals surface area (Å²) in [5.74, 6) is -0.210. The van der Waals surface area contributed by atoms with Crippen molar-refractivity contribution in [1.82, 2.24) is 5.32 Å². The lowest BCUT2D eigenvalue weighted by Gasteiger charge is -2.08. The molecule has 1 amide bonds. The molecule has 0 fully saturated rings. The van der Waals surface area contributed by atoms with Crippen molar-refractivity contribution < 1.29 is 4.79 Å². The average Bonchev–Trinajstić information content (AvgIpc) is 2.75. The second kappa shape index (κ2) is 5.42. The Morgan fingerprint density at radius 2 is 2.22 bits per heavy atom. The quantitative estimate of drug-likeness (QED) is 0.848. The molecule has 0 unspecified atom stereocenters. The normalized spacial score (nSPS) is 10.3. The van der Waals surface area contributed by atoms with Crippen LogP contribution < -0.4 is 11.1 Å². The molecule has 1 aromatic heterocycles. The van der Waals surface area contributed by atoms with Crippen LogP contribution in [0.4, 0.5) is 5.69 Å². The van der Waals surface area contributed by atoms with Gasteiger partial charge in [-0.1, -0.05) is 17.7 Å². The number of carbonyl (C=O) groups is 1. The minimum absolute atomic E-state index is 0.210. The predicted octanol–water partition coefficient (Wildman–Crippen LogP) is 3.22. The van der Waals surface area contributed by atoms with E-state index in [1.807, 2.05) is 12.3 Å². The fourth-order valence-electron chi connectivity index (χ4n) is 1.56. The number of benzene rings is 1. The van der Waals surface area contributed by atoms with E-state index in [1.54, 1.807) is 29.5 Å². The van der Waals surface area contributed by atoms with Crippen LogP contribution in [0.1, 0.15) is 21.5 Å². The van der Waals surface area contributed by atoms with Gasteiger partial charge in [0.1, 0.15) is 0 Å². The maximum absolute atomic E-state index is 12.0. The minimum atomic E-state index is -0.210. The zero-order valence-corrected chi connectivity index (χ0v) is 11.4. The molecule has 0 aliphatic heterocycles. The Morgan fingerprint density at radius 3 is 2.89 bits per heavy atom. The highest BCUT2D eigenvalue weighted by molar-refractivity contribution is 7.08. The Morgan fingerprint density at radius 1 is 1.44 bits per heavy atom. The number of halogens is 1. The van der Waals surface area contributed by atoms with Gasteiger partial charge in [-0.15, -0.1) is 0 Å². The number of hydrogen-bond donors (Lipinski definition) is 2. The number of aryl methyl sites for hydroxylation is 1. The molecule has 5 heteroatoms. The van der Waals surface area contributed by atoms with Gasteiger partial charge in [-0.05, 0) is 40.9 Å². The molecule has 0 aliphatic carbocycles. The molecule has 18 heavy (non-hydrogen) atoms. The van der Waals surface area contributed by atoms with Crippen LogP contribution in [0.3, 0.4) is 0 Å². The topological polar surface area (TPSA) is 55.1 Å². The lowest BCUT2D eigenvalue weighted by atomic mass is 10.1. The van der Waals surface area contributed by atoms with Crippen LogP contribution in [0.2, 0.25) is 5.02 Å². The summed E-state index contributed by atoms with van der Waals surface area (Å²) in [6, 6.07) is 5.04. The first-order chi connectivity index (χ1) is 8.59. The van der Waals surface area contributed by atoms with Crippen molar-refractivity contribution in [3.8, 4) is 0 Å². The lowest BCUT2D eigenvalue weighted by molar-refractivity contribution is 0.0951. The molecule has 0 bridgehead atoms. The van der Waals surface area contributed by atoms with Gasteiger partial charge in [-0.2, -0.15) is 11.3 Å². The van der Waals surface area contributed by atoms with Crippen molar-refractivity contribution in [2.75, 3.05) is 5.73 Å². The first-order valence-corrected chi connectivity index (χ1v) is 6.75. The summed E-state index contributed by atoms with van der Waals surface area (Å²) in [7, 11) is 0. The molecule has 0 saturated heterocycles. The van der Waals surface area contributed by atoms with Crippen LogP contribution in [0.15, 0.2) is 29.0 Å². The monoisotopic (exact) mass is 280 g/mol. The largest absolute Gasteiger partial charge is 0.398 e. The number of nitrogens with two attached hydrogens (primary N) is 1. The van der Waals surface area contributed by atoms with Gasteiger partial charge in [0.05, 0.1) is 16.3 Å². The number of nitrogens with one attached hydrogen (secondary N) is 1. The van der Waals surface area contributed by atoms with Crippen LogP contribution in [0, 0.1) is 6.92 Å². The maximum Gasteiger partial charge on any atom is 0.253 e. The number of amides is 1. The van der Waals surface area contributed by atoms with Gasteiger partial charge in [-0.25, -0.2) is 0 Å². The number of nitrogen functional groups attached to an aromatic ring is 1. The fraction of sp³-hybridized carbons (Fsp3) is 0.154. The Labute approximate surface area is 115 Å². The Bertz CT molecular complexity index is 580. The maximum atomic E-state index is 12.0. The smallest absolute Gasteiger partial charge is 0.253 e. The van der Waals surface area contributed by atoms with Crippen LogP contribution in [-0.4, -0.2) is 5.91 Å². The van der Waals surface area contributed by atoms with E-state index in [9.17, 15) is 4.79 Å². The average molecular weight is 281 g/mol. The molecule has 0 saturated carbocycles. The van der Waals surface area contributed by atoms with Gasteiger partial charge in [0, 0.05) is 6.54 Å². The van der Waals surface area contributed by atoms with Crippen molar-refractivity contribution in [3.05, 3.63) is 50.7 Å². The van der Waals surface area contributed by atoms with Crippen LogP contribution >= 0.6 is 22.9 Å². The van der Waals surface area contributed by atoms with E-state index in [0.717, 1.165) is 5.56 Å². The van der Waals surface area contributed by atoms with E-state index in [2.05, 4.69) is 10.7 Å². The highest BCUT2D eigenvalue weighted by Gasteiger charge is 2.12. The number of hydrogen-bond acceptors (Lipinski definition) is 3. The summed E-state index contributed by atoms with van der Waals surface area (Å²) in [5.41, 5.74) is 8.78. The highest BCUT2D eigenvalue weighted by Crippen LogP contribution is 2.23. The molecule has 3 nitrogen and oxygen atoms in total. The third-order valence-electron chi connectivity index (χ3n) is 2.67. The lowest BCUT2D eigenvalue weighted by Crippen LogP contribution is -2.23. The second-order valence-electron chi connectivity index (χ2n) is 3.97. The molecule has 0 spiro atoms. The Kier molecular flexibility index (Phi) is 3.89. The van der Waals surface area contributed by atoms with Crippen molar-refractivity contribution in [2.24, 2.45) is 0 Å². The molecule has 0 aliphatic rings. The minimum Gasteiger partial charge on any atom is -0.398 e. The molecule has 2 aromatic rings. The van der Waals surface area contributed by atoms with E-state index in [1.165, 1.54) is 5.56 Å². The Hall–Kier alpha value is -1.52. The highest BCUT2D eigenvalue weighted by atomic mass is 35.5. The van der Waals surface area contributed by atoms with E-state index < -0.39 is 0 Å². The summed E-state index contributed by atoms with van der Waals surface area (Å²) in [5, 5.41) is 7.22. The molecule has 0 radical (unpaired) electrons. The number of thiophene rings is 1. The summed E-state index contributed by atoms with van der Waals surface area (Å²) < 4.78 is 0. The molecular weight excluding hydrogens is 268 g/mol.